The Labute approximate surface area is 166 Å². The minimum Gasteiger partial charge on any atom is -0.496 e. The summed E-state index contributed by atoms with van der Waals surface area (Å²) in [5.41, 5.74) is 2.96. The minimum absolute atomic E-state index is 0.177. The summed E-state index contributed by atoms with van der Waals surface area (Å²) in [4.78, 5) is 12.4. The first-order valence-corrected chi connectivity index (χ1v) is 9.02. The fraction of sp³-hybridized carbons (Fsp3) is 0.227. The summed E-state index contributed by atoms with van der Waals surface area (Å²) >= 11 is 0. The van der Waals surface area contributed by atoms with E-state index in [1.807, 2.05) is 18.2 Å². The lowest BCUT2D eigenvalue weighted by atomic mass is 9.89. The number of hydrogen-bond acceptors (Lipinski definition) is 7. The van der Waals surface area contributed by atoms with Crippen molar-refractivity contribution in [2.45, 2.75) is 6.61 Å². The number of ether oxygens (including phenoxy) is 6. The van der Waals surface area contributed by atoms with Crippen LogP contribution in [0.15, 0.2) is 30.3 Å². The van der Waals surface area contributed by atoms with Gasteiger partial charge in [-0.15, -0.1) is 0 Å². The van der Waals surface area contributed by atoms with Gasteiger partial charge in [0.05, 0.1) is 26.9 Å². The molecule has 3 aromatic rings. The van der Waals surface area contributed by atoms with E-state index in [9.17, 15) is 4.79 Å². The van der Waals surface area contributed by atoms with Crippen LogP contribution < -0.4 is 23.7 Å². The summed E-state index contributed by atoms with van der Waals surface area (Å²) in [5, 5.41) is 1.51. The molecule has 29 heavy (non-hydrogen) atoms. The SMILES string of the molecule is COc1cc(OC)c2cc3c(c(-c4ccc5c(c4)OCO5)c2c1OC)COC3=O. The van der Waals surface area contributed by atoms with Crippen LogP contribution in [0.25, 0.3) is 21.9 Å². The first-order chi connectivity index (χ1) is 14.2. The number of esters is 1. The van der Waals surface area contributed by atoms with Gasteiger partial charge in [-0.1, -0.05) is 6.07 Å². The molecule has 0 spiro atoms. The molecule has 2 aliphatic rings. The molecular weight excluding hydrogens is 376 g/mol. The summed E-state index contributed by atoms with van der Waals surface area (Å²) < 4.78 is 33.2. The Morgan fingerprint density at radius 3 is 2.41 bits per heavy atom. The minimum atomic E-state index is -0.360. The zero-order chi connectivity index (χ0) is 20.1. The fourth-order valence-electron chi connectivity index (χ4n) is 3.98. The van der Waals surface area contributed by atoms with Crippen LogP contribution in [0, 0.1) is 0 Å². The lowest BCUT2D eigenvalue weighted by Crippen LogP contribution is -2.00. The Hall–Kier alpha value is -3.61. The molecule has 5 rings (SSSR count). The maximum atomic E-state index is 12.4. The van der Waals surface area contributed by atoms with E-state index >= 15 is 0 Å². The maximum Gasteiger partial charge on any atom is 0.338 e. The summed E-state index contributed by atoms with van der Waals surface area (Å²) in [7, 11) is 4.73. The molecule has 7 heteroatoms. The third-order valence-electron chi connectivity index (χ3n) is 5.29. The monoisotopic (exact) mass is 394 g/mol. The predicted molar refractivity (Wildman–Crippen MR) is 104 cm³/mol. The Kier molecular flexibility index (Phi) is 3.91. The Bertz CT molecular complexity index is 1170. The maximum absolute atomic E-state index is 12.4. The molecule has 0 saturated carbocycles. The van der Waals surface area contributed by atoms with Crippen LogP contribution in [0.2, 0.25) is 0 Å². The van der Waals surface area contributed by atoms with Crippen molar-refractivity contribution in [2.24, 2.45) is 0 Å². The second kappa shape index (κ2) is 6.48. The summed E-state index contributed by atoms with van der Waals surface area (Å²) in [6.07, 6.45) is 0. The average Bonchev–Trinajstić information content (AvgIpc) is 3.37. The Balaban J connectivity index is 1.94. The second-order valence-corrected chi connectivity index (χ2v) is 6.66. The smallest absolute Gasteiger partial charge is 0.338 e. The number of hydrogen-bond donors (Lipinski definition) is 0. The normalized spacial score (nSPS) is 14.0. The van der Waals surface area contributed by atoms with Gasteiger partial charge < -0.3 is 28.4 Å². The van der Waals surface area contributed by atoms with E-state index in [0.29, 0.717) is 34.3 Å². The molecule has 0 N–H and O–H groups in total. The average molecular weight is 394 g/mol. The largest absolute Gasteiger partial charge is 0.496 e. The zero-order valence-electron chi connectivity index (χ0n) is 16.2. The third-order valence-corrected chi connectivity index (χ3v) is 5.29. The lowest BCUT2D eigenvalue weighted by molar-refractivity contribution is 0.0535. The van der Waals surface area contributed by atoms with E-state index in [-0.39, 0.29) is 19.4 Å². The van der Waals surface area contributed by atoms with Crippen LogP contribution in [-0.4, -0.2) is 34.1 Å². The quantitative estimate of drug-likeness (QED) is 0.621. The van der Waals surface area contributed by atoms with Gasteiger partial charge in [-0.3, -0.25) is 0 Å². The summed E-state index contributed by atoms with van der Waals surface area (Å²) in [6.45, 7) is 0.357. The lowest BCUT2D eigenvalue weighted by Gasteiger charge is -2.19. The van der Waals surface area contributed by atoms with E-state index in [2.05, 4.69) is 0 Å². The van der Waals surface area contributed by atoms with Crippen molar-refractivity contribution >= 4 is 16.7 Å². The molecule has 0 aromatic heterocycles. The molecular formula is C22H18O7. The number of benzene rings is 3. The van der Waals surface area contributed by atoms with E-state index in [1.54, 1.807) is 33.5 Å². The molecule has 7 nitrogen and oxygen atoms in total. The van der Waals surface area contributed by atoms with Crippen LogP contribution in [-0.2, 0) is 11.3 Å². The van der Waals surface area contributed by atoms with Gasteiger partial charge in [0.15, 0.2) is 23.0 Å². The van der Waals surface area contributed by atoms with Crippen molar-refractivity contribution in [2.75, 3.05) is 28.1 Å². The molecule has 0 atom stereocenters. The fourth-order valence-corrected chi connectivity index (χ4v) is 3.98. The molecule has 0 saturated heterocycles. The van der Waals surface area contributed by atoms with Crippen LogP contribution in [0.1, 0.15) is 15.9 Å². The van der Waals surface area contributed by atoms with Crippen molar-refractivity contribution in [3.05, 3.63) is 41.5 Å². The predicted octanol–water partition coefficient (Wildman–Crippen LogP) is 3.93. The standard InChI is InChI=1S/C22H18O7/c1-24-16-8-18(25-2)21(26-3)20-13(16)7-12-14(9-27-22(12)23)19(20)11-4-5-15-17(6-11)29-10-28-15/h4-8H,9-10H2,1-3H3. The van der Waals surface area contributed by atoms with Crippen LogP contribution in [0.4, 0.5) is 0 Å². The highest BCUT2D eigenvalue weighted by Crippen LogP contribution is 2.50. The van der Waals surface area contributed by atoms with E-state index in [0.717, 1.165) is 27.5 Å². The van der Waals surface area contributed by atoms with Gasteiger partial charge in [0.25, 0.3) is 0 Å². The van der Waals surface area contributed by atoms with Crippen LogP contribution in [0.5, 0.6) is 28.7 Å². The number of rotatable bonds is 4. The van der Waals surface area contributed by atoms with E-state index in [1.165, 1.54) is 0 Å². The van der Waals surface area contributed by atoms with Crippen LogP contribution >= 0.6 is 0 Å². The Morgan fingerprint density at radius 1 is 0.862 bits per heavy atom. The van der Waals surface area contributed by atoms with Gasteiger partial charge in [-0.2, -0.15) is 0 Å². The molecule has 0 bridgehead atoms. The number of fused-ring (bicyclic) bond motifs is 3. The van der Waals surface area contributed by atoms with Crippen LogP contribution in [0.3, 0.4) is 0 Å². The highest BCUT2D eigenvalue weighted by atomic mass is 16.7. The molecule has 148 valence electrons. The highest BCUT2D eigenvalue weighted by molar-refractivity contribution is 6.12. The van der Waals surface area contributed by atoms with E-state index < -0.39 is 0 Å². The van der Waals surface area contributed by atoms with Crippen molar-refractivity contribution < 1.29 is 33.2 Å². The molecule has 0 aliphatic carbocycles. The molecule has 0 fully saturated rings. The first-order valence-electron chi connectivity index (χ1n) is 9.02. The van der Waals surface area contributed by atoms with Gasteiger partial charge in [-0.25, -0.2) is 4.79 Å². The third kappa shape index (κ3) is 2.47. The van der Waals surface area contributed by atoms with Gasteiger partial charge in [0.2, 0.25) is 6.79 Å². The number of carbonyl (C=O) groups excluding carboxylic acids is 1. The van der Waals surface area contributed by atoms with Crippen molar-refractivity contribution in [3.8, 4) is 39.9 Å². The van der Waals surface area contributed by atoms with E-state index in [4.69, 9.17) is 28.4 Å². The van der Waals surface area contributed by atoms with Crippen molar-refractivity contribution in [1.82, 2.24) is 0 Å². The van der Waals surface area contributed by atoms with Gasteiger partial charge in [0, 0.05) is 28.0 Å². The van der Waals surface area contributed by atoms with Gasteiger partial charge >= 0.3 is 5.97 Å². The highest BCUT2D eigenvalue weighted by Gasteiger charge is 2.31. The number of methoxy groups -OCH3 is 3. The summed E-state index contributed by atoms with van der Waals surface area (Å²) in [5.74, 6) is 2.62. The Morgan fingerprint density at radius 2 is 1.66 bits per heavy atom. The molecule has 0 unspecified atom stereocenters. The topological polar surface area (TPSA) is 72.5 Å². The second-order valence-electron chi connectivity index (χ2n) is 6.66. The van der Waals surface area contributed by atoms with Gasteiger partial charge in [0.1, 0.15) is 12.4 Å². The molecule has 2 heterocycles. The molecule has 3 aromatic carbocycles. The molecule has 0 amide bonds. The zero-order valence-corrected chi connectivity index (χ0v) is 16.2. The van der Waals surface area contributed by atoms with Crippen molar-refractivity contribution in [3.63, 3.8) is 0 Å². The molecule has 2 aliphatic heterocycles. The summed E-state index contributed by atoms with van der Waals surface area (Å²) in [6, 6.07) is 9.21. The number of carbonyl (C=O) groups is 1. The first kappa shape index (κ1) is 17.5. The van der Waals surface area contributed by atoms with Gasteiger partial charge in [-0.05, 0) is 23.8 Å². The number of cyclic esters (lactones) is 1. The molecule has 0 radical (unpaired) electrons. The van der Waals surface area contributed by atoms with Crippen molar-refractivity contribution in [1.29, 1.82) is 0 Å².